The Labute approximate surface area is 680 Å². The van der Waals surface area contributed by atoms with E-state index in [1.807, 2.05) is 140 Å². The second-order valence-corrected chi connectivity index (χ2v) is 42.6. The lowest BCUT2D eigenvalue weighted by molar-refractivity contribution is -0.0413. The zero-order valence-corrected chi connectivity index (χ0v) is 76.4. The number of carbonyl (C=O) groups excluding carboxylic acids is 6. The third-order valence-electron chi connectivity index (χ3n) is 25.6. The minimum absolute atomic E-state index is 0.0343. The van der Waals surface area contributed by atoms with Crippen LogP contribution in [0.25, 0.3) is 0 Å². The van der Waals surface area contributed by atoms with Gasteiger partial charge < -0.3 is 77.4 Å². The fourth-order valence-corrected chi connectivity index (χ4v) is 18.9. The summed E-state index contributed by atoms with van der Waals surface area (Å²) in [5, 5.41) is 0. The molecule has 12 saturated heterocycles. The van der Waals surface area contributed by atoms with Gasteiger partial charge in [-0.25, -0.2) is 28.8 Å². The smallest absolute Gasteiger partial charge is 0.410 e. The molecule has 12 aliphatic heterocycles. The van der Waals surface area contributed by atoms with Crippen LogP contribution in [0.5, 0.6) is 0 Å². The second kappa shape index (κ2) is 38.0. The van der Waals surface area contributed by atoms with Gasteiger partial charge in [0.15, 0.2) is 0 Å². The van der Waals surface area contributed by atoms with E-state index in [0.29, 0.717) is 64.5 Å². The van der Waals surface area contributed by atoms with Crippen molar-refractivity contribution < 1.29 is 57.2 Å². The highest BCUT2D eigenvalue weighted by atomic mass is 16.6. The summed E-state index contributed by atoms with van der Waals surface area (Å²) in [6, 6.07) is 3.58. The Morgan fingerprint density at radius 3 is 0.893 bits per heavy atom. The summed E-state index contributed by atoms with van der Waals surface area (Å²) in [4.78, 5) is 99.0. The van der Waals surface area contributed by atoms with E-state index in [1.165, 1.54) is 64.8 Å². The van der Waals surface area contributed by atoms with Crippen LogP contribution < -0.4 is 0 Å². The van der Waals surface area contributed by atoms with Crippen molar-refractivity contribution in [3.63, 3.8) is 0 Å². The maximum atomic E-state index is 12.4. The van der Waals surface area contributed by atoms with E-state index in [0.717, 1.165) is 169 Å². The van der Waals surface area contributed by atoms with Crippen LogP contribution in [0.4, 0.5) is 28.8 Å². The van der Waals surface area contributed by atoms with E-state index in [4.69, 9.17) is 28.4 Å². The number of piperidine rings is 2. The summed E-state index contributed by atoms with van der Waals surface area (Å²) < 4.78 is 32.5. The third kappa shape index (κ3) is 26.7. The molecule has 0 saturated carbocycles. The Morgan fingerprint density at radius 2 is 0.527 bits per heavy atom. The lowest BCUT2D eigenvalue weighted by atomic mass is 9.78. The number of amides is 6. The number of likely N-dealkylation sites (tertiary alicyclic amines) is 12. The first-order valence-electron chi connectivity index (χ1n) is 44.0. The first-order chi connectivity index (χ1) is 51.7. The molecule has 0 aliphatic carbocycles. The van der Waals surface area contributed by atoms with Crippen molar-refractivity contribution in [2.24, 2.45) is 21.7 Å². The van der Waals surface area contributed by atoms with Crippen LogP contribution in [-0.2, 0) is 28.4 Å². The summed E-state index contributed by atoms with van der Waals surface area (Å²) in [6.07, 6.45) is 15.3. The summed E-state index contributed by atoms with van der Waals surface area (Å²) >= 11 is 0. The summed E-state index contributed by atoms with van der Waals surface area (Å²) in [7, 11) is 0. The molecule has 0 bridgehead atoms. The molecule has 12 fully saturated rings. The molecule has 0 aromatic rings. The molecule has 24 heteroatoms. The molecule has 648 valence electrons. The van der Waals surface area contributed by atoms with Gasteiger partial charge >= 0.3 is 36.6 Å². The number of carbonyl (C=O) groups is 6. The minimum atomic E-state index is -0.406. The van der Waals surface area contributed by atoms with E-state index in [1.54, 1.807) is 0 Å². The summed E-state index contributed by atoms with van der Waals surface area (Å²) in [5.41, 5.74) is -0.455. The fraction of sp³-hybridized carbons (Fsp3) is 0.932. The third-order valence-corrected chi connectivity index (χ3v) is 25.6. The van der Waals surface area contributed by atoms with Crippen molar-refractivity contribution >= 4 is 36.6 Å². The molecule has 6 amide bonds. The zero-order valence-electron chi connectivity index (χ0n) is 76.4. The molecule has 112 heavy (non-hydrogen) atoms. The number of ether oxygens (including phenoxy) is 6. The first kappa shape index (κ1) is 94.5. The molecule has 0 aromatic heterocycles. The highest BCUT2D eigenvalue weighted by molar-refractivity contribution is 5.72. The van der Waals surface area contributed by atoms with Gasteiger partial charge in [0.25, 0.3) is 0 Å². The van der Waals surface area contributed by atoms with Crippen LogP contribution in [0.1, 0.15) is 284 Å². The molecule has 24 nitrogen and oxygen atoms in total. The Hall–Kier alpha value is -4.62. The lowest BCUT2D eigenvalue weighted by Crippen LogP contribution is -2.64. The average Bonchev–Trinajstić information content (AvgIpc) is 1.54. The standard InChI is InChI=1S/2C16H30N2O2.2C15H28N2O2.C14H26N2O2.C12H22N2O2/c1-13(2)18-11-8-16(12-18)6-9-17(10-7-16)14(19)20-15(3,4)5;1-13(2)17-10-8-16(11-17)7-6-9-18(12-16)14(19)20-15(3,4)5;1-12(2)16-8-6-15(10-16)7-9-17(11-15)13(18)19-14(3,4)5;1-12(2)16-10-8-15(11-16)7-6-9-17(15)13(18)19-14(3,4)5;1-11(2)15-8-6-14(10-15)7-9-16(14)12(17)18-13(3,4)5;1-4-16-11(15)14-8-12(9-14)5-6-13(7-12)10(2)3/h2*13H,6-12H2,1-5H3;2*12H,6-11H2,1-5H3;11H,6-10H2,1-5H3;10H,4-9H2,1-3H3. The summed E-state index contributed by atoms with van der Waals surface area (Å²) in [6.45, 7) is 80.3. The van der Waals surface area contributed by atoms with Gasteiger partial charge in [-0.3, -0.25) is 9.80 Å². The predicted octanol–water partition coefficient (Wildman–Crippen LogP) is 15.9. The molecule has 4 unspecified atom stereocenters. The number of nitrogens with zero attached hydrogens (tertiary/aromatic N) is 12. The quantitative estimate of drug-likeness (QED) is 0.218. The topological polar surface area (TPSA) is 197 Å². The molecule has 12 rings (SSSR count). The molecule has 12 aliphatic rings. The van der Waals surface area contributed by atoms with E-state index in [-0.39, 0.29) is 47.6 Å². The van der Waals surface area contributed by atoms with Crippen LogP contribution in [-0.4, -0.2) is 321 Å². The Bertz CT molecular complexity index is 3050. The number of hydrogen-bond acceptors (Lipinski definition) is 18. The normalized spacial score (nSPS) is 27.1. The Morgan fingerprint density at radius 1 is 0.259 bits per heavy atom. The Kier molecular flexibility index (Phi) is 32.1. The van der Waals surface area contributed by atoms with Crippen LogP contribution >= 0.6 is 0 Å². The van der Waals surface area contributed by atoms with Gasteiger partial charge in [0.2, 0.25) is 0 Å². The Balaban J connectivity index is 0.000000187. The lowest BCUT2D eigenvalue weighted by Gasteiger charge is -2.50. The second-order valence-electron chi connectivity index (χ2n) is 42.6. The zero-order chi connectivity index (χ0) is 83.8. The van der Waals surface area contributed by atoms with Crippen molar-refractivity contribution in [2.45, 2.75) is 359 Å². The number of hydrogen-bond donors (Lipinski definition) is 0. The van der Waals surface area contributed by atoms with E-state index in [2.05, 4.69) is 112 Å². The molecule has 12 heterocycles. The fourth-order valence-electron chi connectivity index (χ4n) is 18.9. The largest absolute Gasteiger partial charge is 0.450 e. The van der Waals surface area contributed by atoms with Crippen molar-refractivity contribution in [2.75, 3.05) is 151 Å². The monoisotopic (exact) mass is 1580 g/mol. The van der Waals surface area contributed by atoms with Crippen LogP contribution in [0.15, 0.2) is 0 Å². The van der Waals surface area contributed by atoms with Gasteiger partial charge in [-0.2, -0.15) is 0 Å². The number of rotatable bonds is 7. The van der Waals surface area contributed by atoms with Gasteiger partial charge in [0.1, 0.15) is 28.0 Å². The predicted molar refractivity (Wildman–Crippen MR) is 448 cm³/mol. The van der Waals surface area contributed by atoms with Crippen molar-refractivity contribution in [3.05, 3.63) is 0 Å². The van der Waals surface area contributed by atoms with Crippen LogP contribution in [0, 0.1) is 21.7 Å². The molecule has 4 atom stereocenters. The molecular weight excluding hydrogens is 1420 g/mol. The maximum absolute atomic E-state index is 12.4. The van der Waals surface area contributed by atoms with Crippen molar-refractivity contribution in [1.29, 1.82) is 0 Å². The van der Waals surface area contributed by atoms with Crippen LogP contribution in [0.3, 0.4) is 0 Å². The minimum Gasteiger partial charge on any atom is -0.450 e. The van der Waals surface area contributed by atoms with Gasteiger partial charge in [0.05, 0.1) is 17.7 Å². The van der Waals surface area contributed by atoms with E-state index < -0.39 is 28.0 Å². The molecule has 0 aromatic carbocycles. The summed E-state index contributed by atoms with van der Waals surface area (Å²) in [5.74, 6) is 0. The van der Waals surface area contributed by atoms with E-state index >= 15 is 0 Å². The highest BCUT2D eigenvalue weighted by Gasteiger charge is 2.55. The van der Waals surface area contributed by atoms with Crippen LogP contribution in [0.2, 0.25) is 0 Å². The molecule has 0 radical (unpaired) electrons. The average molecular weight is 1580 g/mol. The maximum Gasteiger partial charge on any atom is 0.410 e. The van der Waals surface area contributed by atoms with Gasteiger partial charge in [-0.15, -0.1) is 0 Å². The molecule has 6 spiro atoms. The van der Waals surface area contributed by atoms with Gasteiger partial charge in [-0.1, -0.05) is 0 Å². The molecule has 0 N–H and O–H groups in total. The molecular formula is C88H164N12O12. The van der Waals surface area contributed by atoms with E-state index in [9.17, 15) is 28.8 Å². The first-order valence-corrected chi connectivity index (χ1v) is 44.0. The van der Waals surface area contributed by atoms with Crippen molar-refractivity contribution in [3.8, 4) is 0 Å². The highest BCUT2D eigenvalue weighted by Crippen LogP contribution is 2.46. The van der Waals surface area contributed by atoms with Crippen molar-refractivity contribution in [1.82, 2.24) is 58.8 Å². The van der Waals surface area contributed by atoms with Gasteiger partial charge in [-0.05, 0) is 315 Å². The van der Waals surface area contributed by atoms with Gasteiger partial charge in [0, 0.05) is 170 Å². The SMILES string of the molecule is CC(C)N1CCC2(CCCN(C(=O)OC(C)(C)C)C2)C1.CC(C)N1CCC2(CCCN2C(=O)OC(C)(C)C)C1.CC(C)N1CCC2(CCN(C(=O)OC(C)(C)C)C2)C1.CC(C)N1CCC2(CCN(C(=O)OC(C)(C)C)CC2)C1.CC(C)N1CCC2(CCN2C(=O)OC(C)(C)C)C1.CCOC(=O)N1CC2(CCN(C(C)C)C2)C1.